The van der Waals surface area contributed by atoms with E-state index < -0.39 is 22.0 Å². The van der Waals surface area contributed by atoms with Crippen LogP contribution in [-0.4, -0.2) is 26.6 Å². The molecule has 1 atom stereocenters. The van der Waals surface area contributed by atoms with E-state index in [4.69, 9.17) is 23.2 Å². The van der Waals surface area contributed by atoms with Gasteiger partial charge < -0.3 is 5.32 Å². The van der Waals surface area contributed by atoms with E-state index in [9.17, 15) is 13.2 Å². The molecule has 134 valence electrons. The van der Waals surface area contributed by atoms with Gasteiger partial charge in [-0.3, -0.25) is 9.10 Å². The highest BCUT2D eigenvalue weighted by atomic mass is 35.5. The molecule has 8 heteroatoms. The number of nitrogens with one attached hydrogen (secondary N) is 1. The molecule has 0 aliphatic heterocycles. The van der Waals surface area contributed by atoms with Crippen LogP contribution in [-0.2, 0) is 14.8 Å². The van der Waals surface area contributed by atoms with Gasteiger partial charge in [0.15, 0.2) is 0 Å². The highest BCUT2D eigenvalue weighted by Gasteiger charge is 2.31. The van der Waals surface area contributed by atoms with Crippen LogP contribution in [0, 0.1) is 0 Å². The highest BCUT2D eigenvalue weighted by Crippen LogP contribution is 2.31. The van der Waals surface area contributed by atoms with Gasteiger partial charge >= 0.3 is 0 Å². The summed E-state index contributed by atoms with van der Waals surface area (Å²) in [6, 6.07) is 12.4. The first-order valence-electron chi connectivity index (χ1n) is 7.55. The second kappa shape index (κ2) is 8.08. The third-order valence-electron chi connectivity index (χ3n) is 3.55. The Bertz CT molecular complexity index is 837. The van der Waals surface area contributed by atoms with Crippen molar-refractivity contribution in [2.45, 2.75) is 19.4 Å². The Balaban J connectivity index is 2.40. The number of halogens is 2. The van der Waals surface area contributed by atoms with Crippen molar-refractivity contribution in [3.63, 3.8) is 0 Å². The average Bonchev–Trinajstić information content (AvgIpc) is 2.55. The first kappa shape index (κ1) is 19.6. The van der Waals surface area contributed by atoms with Gasteiger partial charge in [0.05, 0.1) is 27.7 Å². The molecule has 0 spiro atoms. The molecular formula is C17H18Cl2N2O3S. The van der Waals surface area contributed by atoms with Crippen LogP contribution in [0.1, 0.15) is 13.3 Å². The molecule has 5 nitrogen and oxygen atoms in total. The number of hydrogen-bond donors (Lipinski definition) is 1. The van der Waals surface area contributed by atoms with Gasteiger partial charge in [0, 0.05) is 0 Å². The van der Waals surface area contributed by atoms with E-state index in [2.05, 4.69) is 5.32 Å². The quantitative estimate of drug-likeness (QED) is 0.790. The van der Waals surface area contributed by atoms with E-state index >= 15 is 0 Å². The van der Waals surface area contributed by atoms with E-state index in [1.54, 1.807) is 55.5 Å². The zero-order valence-electron chi connectivity index (χ0n) is 13.7. The van der Waals surface area contributed by atoms with Gasteiger partial charge in [0.1, 0.15) is 6.04 Å². The minimum absolute atomic E-state index is 0.260. The number of rotatable bonds is 6. The monoisotopic (exact) mass is 400 g/mol. The molecule has 0 aromatic heterocycles. The van der Waals surface area contributed by atoms with Gasteiger partial charge in [-0.05, 0) is 30.7 Å². The van der Waals surface area contributed by atoms with Gasteiger partial charge in [-0.15, -0.1) is 0 Å². The second-order valence-electron chi connectivity index (χ2n) is 5.40. The topological polar surface area (TPSA) is 66.5 Å². The Labute approximate surface area is 157 Å². The van der Waals surface area contributed by atoms with Crippen LogP contribution in [0.4, 0.5) is 11.4 Å². The molecule has 0 unspecified atom stereocenters. The Kier molecular flexibility index (Phi) is 6.32. The predicted molar refractivity (Wildman–Crippen MR) is 103 cm³/mol. The molecule has 0 radical (unpaired) electrons. The maximum Gasteiger partial charge on any atom is 0.248 e. The van der Waals surface area contributed by atoms with Crippen LogP contribution in [0.25, 0.3) is 0 Å². The SMILES string of the molecule is CC[C@H](C(=O)Nc1c(Cl)cccc1Cl)N(c1ccccc1)S(C)(=O)=O. The lowest BCUT2D eigenvalue weighted by molar-refractivity contribution is -0.117. The molecule has 0 bridgehead atoms. The molecule has 0 saturated carbocycles. The summed E-state index contributed by atoms with van der Waals surface area (Å²) in [5.74, 6) is -0.508. The Morgan fingerprint density at radius 2 is 1.64 bits per heavy atom. The fourth-order valence-corrected chi connectivity index (χ4v) is 4.16. The third kappa shape index (κ3) is 4.66. The van der Waals surface area contributed by atoms with Crippen molar-refractivity contribution in [2.75, 3.05) is 15.9 Å². The third-order valence-corrected chi connectivity index (χ3v) is 5.36. The number of amides is 1. The Hall–Kier alpha value is -1.76. The van der Waals surface area contributed by atoms with Crippen molar-refractivity contribution in [3.05, 3.63) is 58.6 Å². The summed E-state index contributed by atoms with van der Waals surface area (Å²) >= 11 is 12.2. The summed E-state index contributed by atoms with van der Waals surface area (Å²) in [7, 11) is -3.68. The number of para-hydroxylation sites is 2. The van der Waals surface area contributed by atoms with Crippen molar-refractivity contribution < 1.29 is 13.2 Å². The van der Waals surface area contributed by atoms with Crippen molar-refractivity contribution in [3.8, 4) is 0 Å². The molecular weight excluding hydrogens is 383 g/mol. The normalized spacial score (nSPS) is 12.5. The summed E-state index contributed by atoms with van der Waals surface area (Å²) in [4.78, 5) is 12.8. The van der Waals surface area contributed by atoms with Crippen LogP contribution < -0.4 is 9.62 Å². The van der Waals surface area contributed by atoms with E-state index in [1.165, 1.54) is 0 Å². The van der Waals surface area contributed by atoms with E-state index in [0.717, 1.165) is 10.6 Å². The number of sulfonamides is 1. The standard InChI is InChI=1S/C17H18Cl2N2O3S/c1-3-15(17(22)20-16-13(18)10-7-11-14(16)19)21(25(2,23)24)12-8-5-4-6-9-12/h4-11,15H,3H2,1-2H3,(H,20,22)/t15-/m1/s1. The van der Waals surface area contributed by atoms with E-state index in [0.29, 0.717) is 5.69 Å². The van der Waals surface area contributed by atoms with Gasteiger partial charge in [0.2, 0.25) is 15.9 Å². The molecule has 25 heavy (non-hydrogen) atoms. The van der Waals surface area contributed by atoms with Crippen LogP contribution in [0.15, 0.2) is 48.5 Å². The molecule has 1 N–H and O–H groups in total. The molecule has 0 fully saturated rings. The molecule has 2 aromatic rings. The van der Waals surface area contributed by atoms with Crippen molar-refractivity contribution in [1.82, 2.24) is 0 Å². The van der Waals surface area contributed by atoms with Crippen molar-refractivity contribution in [1.29, 1.82) is 0 Å². The molecule has 2 rings (SSSR count). The van der Waals surface area contributed by atoms with Crippen LogP contribution >= 0.6 is 23.2 Å². The molecule has 0 saturated heterocycles. The highest BCUT2D eigenvalue weighted by molar-refractivity contribution is 7.92. The van der Waals surface area contributed by atoms with Crippen LogP contribution in [0.5, 0.6) is 0 Å². The van der Waals surface area contributed by atoms with Gasteiger partial charge in [-0.2, -0.15) is 0 Å². The van der Waals surface area contributed by atoms with Gasteiger partial charge in [0.25, 0.3) is 0 Å². The van der Waals surface area contributed by atoms with Crippen molar-refractivity contribution in [2.24, 2.45) is 0 Å². The first-order chi connectivity index (χ1) is 11.8. The Morgan fingerprint density at radius 1 is 1.08 bits per heavy atom. The Morgan fingerprint density at radius 3 is 2.12 bits per heavy atom. The number of carbonyl (C=O) groups is 1. The maximum atomic E-state index is 12.8. The van der Waals surface area contributed by atoms with Gasteiger partial charge in [-0.1, -0.05) is 54.4 Å². The summed E-state index contributed by atoms with van der Waals surface area (Å²) in [5, 5.41) is 3.20. The minimum Gasteiger partial charge on any atom is -0.322 e. The lowest BCUT2D eigenvalue weighted by Crippen LogP contribution is -2.47. The largest absolute Gasteiger partial charge is 0.322 e. The van der Waals surface area contributed by atoms with E-state index in [1.807, 2.05) is 0 Å². The molecule has 0 aliphatic rings. The summed E-state index contributed by atoms with van der Waals surface area (Å²) in [6.45, 7) is 1.74. The number of hydrogen-bond acceptors (Lipinski definition) is 3. The van der Waals surface area contributed by atoms with Gasteiger partial charge in [-0.25, -0.2) is 8.42 Å². The smallest absolute Gasteiger partial charge is 0.248 e. The summed E-state index contributed by atoms with van der Waals surface area (Å²) in [5.41, 5.74) is 0.674. The summed E-state index contributed by atoms with van der Waals surface area (Å²) in [6.07, 6.45) is 1.34. The number of anilines is 2. The lowest BCUT2D eigenvalue weighted by atomic mass is 10.2. The number of benzene rings is 2. The fourth-order valence-electron chi connectivity index (χ4n) is 2.46. The predicted octanol–water partition coefficient (Wildman–Crippen LogP) is 4.18. The average molecular weight is 401 g/mol. The lowest BCUT2D eigenvalue weighted by Gasteiger charge is -2.30. The molecule has 2 aromatic carbocycles. The molecule has 0 heterocycles. The van der Waals surface area contributed by atoms with E-state index in [-0.39, 0.29) is 22.2 Å². The van der Waals surface area contributed by atoms with Crippen LogP contribution in [0.3, 0.4) is 0 Å². The second-order valence-corrected chi connectivity index (χ2v) is 8.08. The summed E-state index contributed by atoms with van der Waals surface area (Å²) < 4.78 is 25.7. The number of carbonyl (C=O) groups excluding carboxylic acids is 1. The molecule has 0 aliphatic carbocycles. The zero-order chi connectivity index (χ0) is 18.6. The minimum atomic E-state index is -3.68. The zero-order valence-corrected chi connectivity index (χ0v) is 16.1. The number of nitrogens with zero attached hydrogens (tertiary/aromatic N) is 1. The maximum absolute atomic E-state index is 12.8. The van der Waals surface area contributed by atoms with Crippen LogP contribution in [0.2, 0.25) is 10.0 Å². The first-order valence-corrected chi connectivity index (χ1v) is 10.2. The van der Waals surface area contributed by atoms with Crippen molar-refractivity contribution >= 4 is 50.5 Å². The fraction of sp³-hybridized carbons (Fsp3) is 0.235. The molecule has 1 amide bonds.